The maximum absolute atomic E-state index is 10.7. The zero-order chi connectivity index (χ0) is 14.4. The Morgan fingerprint density at radius 2 is 1.70 bits per heavy atom. The number of aliphatic carboxylic acids is 1. The number of methoxy groups -OCH3 is 1. The summed E-state index contributed by atoms with van der Waals surface area (Å²) < 4.78 is 5.14. The van der Waals surface area contributed by atoms with E-state index in [1.54, 1.807) is 7.11 Å². The van der Waals surface area contributed by atoms with Crippen molar-refractivity contribution in [3.63, 3.8) is 0 Å². The Labute approximate surface area is 118 Å². The van der Waals surface area contributed by atoms with Gasteiger partial charge in [-0.3, -0.25) is 4.79 Å². The van der Waals surface area contributed by atoms with Gasteiger partial charge in [-0.25, -0.2) is 0 Å². The fourth-order valence-corrected chi connectivity index (χ4v) is 2.18. The molecule has 3 heteroatoms. The second kappa shape index (κ2) is 6.75. The van der Waals surface area contributed by atoms with E-state index in [0.717, 1.165) is 17.7 Å². The molecular formula is C17H18O3. The van der Waals surface area contributed by atoms with Crippen LogP contribution in [0.1, 0.15) is 23.1 Å². The van der Waals surface area contributed by atoms with Gasteiger partial charge >= 0.3 is 5.97 Å². The van der Waals surface area contributed by atoms with Crippen LogP contribution in [0.25, 0.3) is 0 Å². The van der Waals surface area contributed by atoms with Gasteiger partial charge in [0.1, 0.15) is 5.75 Å². The molecule has 0 bridgehead atoms. The summed E-state index contributed by atoms with van der Waals surface area (Å²) in [5.74, 6) is 0.0807. The standard InChI is InChI=1S/C17H18O3/c1-20-16-9-6-13(7-10-16)12-15-5-3-2-4-14(15)8-11-17(18)19/h2-7,9-10H,8,11-12H2,1H3,(H,18,19). The number of carbonyl (C=O) groups is 1. The van der Waals surface area contributed by atoms with Crippen molar-refractivity contribution in [3.05, 3.63) is 65.2 Å². The molecule has 0 aromatic heterocycles. The first-order valence-electron chi connectivity index (χ1n) is 6.60. The Bertz CT molecular complexity index is 573. The first-order chi connectivity index (χ1) is 9.69. The number of hydrogen-bond donors (Lipinski definition) is 1. The van der Waals surface area contributed by atoms with Crippen LogP contribution >= 0.6 is 0 Å². The van der Waals surface area contributed by atoms with Gasteiger partial charge in [-0.15, -0.1) is 0 Å². The quantitative estimate of drug-likeness (QED) is 0.876. The highest BCUT2D eigenvalue weighted by atomic mass is 16.5. The molecule has 0 aliphatic rings. The summed E-state index contributed by atoms with van der Waals surface area (Å²) in [7, 11) is 1.65. The highest BCUT2D eigenvalue weighted by Gasteiger charge is 2.05. The monoisotopic (exact) mass is 270 g/mol. The molecule has 0 amide bonds. The summed E-state index contributed by atoms with van der Waals surface area (Å²) in [5.41, 5.74) is 3.47. The van der Waals surface area contributed by atoms with Gasteiger partial charge in [0.25, 0.3) is 0 Å². The minimum Gasteiger partial charge on any atom is -0.497 e. The van der Waals surface area contributed by atoms with Crippen molar-refractivity contribution in [2.45, 2.75) is 19.3 Å². The van der Waals surface area contributed by atoms with Crippen LogP contribution in [0.2, 0.25) is 0 Å². The Kier molecular flexibility index (Phi) is 4.77. The minimum absolute atomic E-state index is 0.166. The fraction of sp³-hybridized carbons (Fsp3) is 0.235. The molecule has 0 spiro atoms. The van der Waals surface area contributed by atoms with Gasteiger partial charge < -0.3 is 9.84 Å². The number of benzene rings is 2. The second-order valence-corrected chi connectivity index (χ2v) is 4.69. The molecule has 20 heavy (non-hydrogen) atoms. The molecule has 0 aliphatic carbocycles. The number of ether oxygens (including phenoxy) is 1. The molecule has 0 radical (unpaired) electrons. The van der Waals surface area contributed by atoms with Crippen molar-refractivity contribution in [1.29, 1.82) is 0 Å². The van der Waals surface area contributed by atoms with Crippen LogP contribution in [0, 0.1) is 0 Å². The molecular weight excluding hydrogens is 252 g/mol. The van der Waals surface area contributed by atoms with Crippen LogP contribution in [0.3, 0.4) is 0 Å². The molecule has 0 saturated heterocycles. The molecule has 0 saturated carbocycles. The minimum atomic E-state index is -0.760. The number of carboxylic acid groups (broad SMARTS) is 1. The van der Waals surface area contributed by atoms with Crippen molar-refractivity contribution >= 4 is 5.97 Å². The van der Waals surface area contributed by atoms with Crippen molar-refractivity contribution in [3.8, 4) is 5.75 Å². The lowest BCUT2D eigenvalue weighted by Crippen LogP contribution is -2.01. The van der Waals surface area contributed by atoms with Gasteiger partial charge in [0.15, 0.2) is 0 Å². The van der Waals surface area contributed by atoms with Crippen LogP contribution in [0.15, 0.2) is 48.5 Å². The van der Waals surface area contributed by atoms with Gasteiger partial charge in [-0.05, 0) is 41.7 Å². The first-order valence-corrected chi connectivity index (χ1v) is 6.60. The van der Waals surface area contributed by atoms with E-state index >= 15 is 0 Å². The maximum atomic E-state index is 10.7. The van der Waals surface area contributed by atoms with Gasteiger partial charge in [0.05, 0.1) is 7.11 Å². The molecule has 2 rings (SSSR count). The van der Waals surface area contributed by atoms with Crippen LogP contribution in [-0.2, 0) is 17.6 Å². The Morgan fingerprint density at radius 1 is 1.05 bits per heavy atom. The molecule has 1 N–H and O–H groups in total. The fourth-order valence-electron chi connectivity index (χ4n) is 2.18. The average Bonchev–Trinajstić information content (AvgIpc) is 2.47. The van der Waals surface area contributed by atoms with Crippen molar-refractivity contribution in [2.24, 2.45) is 0 Å². The molecule has 2 aromatic rings. The Morgan fingerprint density at radius 3 is 2.30 bits per heavy atom. The molecule has 0 heterocycles. The topological polar surface area (TPSA) is 46.5 Å². The molecule has 2 aromatic carbocycles. The van der Waals surface area contributed by atoms with E-state index in [4.69, 9.17) is 9.84 Å². The van der Waals surface area contributed by atoms with Crippen LogP contribution in [0.4, 0.5) is 0 Å². The lowest BCUT2D eigenvalue weighted by molar-refractivity contribution is -0.136. The third-order valence-corrected chi connectivity index (χ3v) is 3.28. The molecule has 0 aliphatic heterocycles. The summed E-state index contributed by atoms with van der Waals surface area (Å²) in [5, 5.41) is 8.80. The number of hydrogen-bond acceptors (Lipinski definition) is 2. The summed E-state index contributed by atoms with van der Waals surface area (Å²) in [4.78, 5) is 10.7. The van der Waals surface area contributed by atoms with Crippen molar-refractivity contribution < 1.29 is 14.6 Å². The van der Waals surface area contributed by atoms with Gasteiger partial charge in [-0.2, -0.15) is 0 Å². The summed E-state index contributed by atoms with van der Waals surface area (Å²) >= 11 is 0. The number of rotatable bonds is 6. The van der Waals surface area contributed by atoms with Crippen molar-refractivity contribution in [2.75, 3.05) is 7.11 Å². The van der Waals surface area contributed by atoms with Gasteiger partial charge in [0.2, 0.25) is 0 Å². The van der Waals surface area contributed by atoms with Crippen molar-refractivity contribution in [1.82, 2.24) is 0 Å². The lowest BCUT2D eigenvalue weighted by atomic mass is 9.97. The normalized spacial score (nSPS) is 10.2. The van der Waals surface area contributed by atoms with E-state index in [2.05, 4.69) is 6.07 Å². The summed E-state index contributed by atoms with van der Waals surface area (Å²) in [6.45, 7) is 0. The molecule has 104 valence electrons. The number of aryl methyl sites for hydroxylation is 1. The largest absolute Gasteiger partial charge is 0.497 e. The van der Waals surface area contributed by atoms with Crippen LogP contribution in [0.5, 0.6) is 5.75 Å². The first kappa shape index (κ1) is 14.1. The smallest absolute Gasteiger partial charge is 0.303 e. The van der Waals surface area contributed by atoms with Gasteiger partial charge in [-0.1, -0.05) is 36.4 Å². The van der Waals surface area contributed by atoms with E-state index in [0.29, 0.717) is 6.42 Å². The Balaban J connectivity index is 2.13. The molecule has 0 fully saturated rings. The van der Waals surface area contributed by atoms with E-state index in [9.17, 15) is 4.79 Å². The number of carboxylic acids is 1. The molecule has 0 atom stereocenters. The highest BCUT2D eigenvalue weighted by molar-refractivity contribution is 5.67. The van der Waals surface area contributed by atoms with E-state index in [1.807, 2.05) is 42.5 Å². The maximum Gasteiger partial charge on any atom is 0.303 e. The zero-order valence-corrected chi connectivity index (χ0v) is 11.5. The SMILES string of the molecule is COc1ccc(Cc2ccccc2CCC(=O)O)cc1. The third-order valence-electron chi connectivity index (χ3n) is 3.28. The highest BCUT2D eigenvalue weighted by Crippen LogP contribution is 2.18. The lowest BCUT2D eigenvalue weighted by Gasteiger charge is -2.09. The zero-order valence-electron chi connectivity index (χ0n) is 11.5. The summed E-state index contributed by atoms with van der Waals surface area (Å²) in [6.07, 6.45) is 1.54. The Hall–Kier alpha value is -2.29. The van der Waals surface area contributed by atoms with Gasteiger partial charge in [0, 0.05) is 6.42 Å². The van der Waals surface area contributed by atoms with E-state index in [1.165, 1.54) is 11.1 Å². The van der Waals surface area contributed by atoms with Crippen LogP contribution in [-0.4, -0.2) is 18.2 Å². The average molecular weight is 270 g/mol. The second-order valence-electron chi connectivity index (χ2n) is 4.69. The summed E-state index contributed by atoms with van der Waals surface area (Å²) in [6, 6.07) is 15.9. The molecule has 3 nitrogen and oxygen atoms in total. The third kappa shape index (κ3) is 3.85. The predicted octanol–water partition coefficient (Wildman–Crippen LogP) is 3.30. The van der Waals surface area contributed by atoms with E-state index < -0.39 is 5.97 Å². The predicted molar refractivity (Wildman–Crippen MR) is 78.2 cm³/mol. The van der Waals surface area contributed by atoms with Crippen LogP contribution < -0.4 is 4.74 Å². The van der Waals surface area contributed by atoms with E-state index in [-0.39, 0.29) is 6.42 Å². The molecule has 0 unspecified atom stereocenters.